The second-order valence-electron chi connectivity index (χ2n) is 3.32. The van der Waals surface area contributed by atoms with Gasteiger partial charge in [-0.2, -0.15) is 8.78 Å². The number of thiazole rings is 1. The van der Waals surface area contributed by atoms with Gasteiger partial charge in [-0.25, -0.2) is 4.98 Å². The van der Waals surface area contributed by atoms with E-state index in [9.17, 15) is 8.78 Å². The number of methoxy groups -OCH3 is 1. The van der Waals surface area contributed by atoms with E-state index in [1.807, 2.05) is 0 Å². The number of rotatable bonds is 4. The van der Waals surface area contributed by atoms with Crippen LogP contribution < -0.4 is 15.2 Å². The molecule has 0 atom stereocenters. The monoisotopic (exact) mass is 272 g/mol. The van der Waals surface area contributed by atoms with Gasteiger partial charge in [0.15, 0.2) is 16.6 Å². The van der Waals surface area contributed by atoms with Crippen LogP contribution in [0.2, 0.25) is 0 Å². The van der Waals surface area contributed by atoms with Crippen LogP contribution in [0.25, 0.3) is 11.3 Å². The van der Waals surface area contributed by atoms with E-state index in [4.69, 9.17) is 10.5 Å². The molecule has 0 radical (unpaired) electrons. The maximum Gasteiger partial charge on any atom is 0.387 e. The predicted octanol–water partition coefficient (Wildman–Crippen LogP) is 3.00. The molecule has 2 rings (SSSR count). The average Bonchev–Trinajstić information content (AvgIpc) is 2.75. The highest BCUT2D eigenvalue weighted by molar-refractivity contribution is 7.13. The van der Waals surface area contributed by atoms with Crippen LogP contribution in [0.4, 0.5) is 13.9 Å². The van der Waals surface area contributed by atoms with E-state index in [2.05, 4.69) is 9.72 Å². The molecular weight excluding hydrogens is 262 g/mol. The Morgan fingerprint density at radius 2 is 2.11 bits per heavy atom. The number of hydrogen-bond donors (Lipinski definition) is 1. The number of nitrogens with zero attached hydrogens (tertiary/aromatic N) is 1. The van der Waals surface area contributed by atoms with Crippen LogP contribution in [-0.4, -0.2) is 18.7 Å². The van der Waals surface area contributed by atoms with Gasteiger partial charge in [0.25, 0.3) is 0 Å². The lowest BCUT2D eigenvalue weighted by Crippen LogP contribution is -2.03. The molecule has 2 aromatic rings. The second-order valence-corrected chi connectivity index (χ2v) is 4.20. The molecule has 96 valence electrons. The molecule has 0 spiro atoms. The van der Waals surface area contributed by atoms with E-state index in [0.717, 1.165) is 5.56 Å². The van der Waals surface area contributed by atoms with E-state index in [-0.39, 0.29) is 11.5 Å². The number of anilines is 1. The van der Waals surface area contributed by atoms with Crippen LogP contribution in [0.15, 0.2) is 23.6 Å². The van der Waals surface area contributed by atoms with Crippen molar-refractivity contribution in [2.24, 2.45) is 0 Å². The van der Waals surface area contributed by atoms with Gasteiger partial charge < -0.3 is 15.2 Å². The van der Waals surface area contributed by atoms with E-state index >= 15 is 0 Å². The minimum absolute atomic E-state index is 0.0144. The first kappa shape index (κ1) is 12.6. The number of halogens is 2. The Balaban J connectivity index is 2.35. The molecular formula is C11H10F2N2O2S. The van der Waals surface area contributed by atoms with E-state index < -0.39 is 6.61 Å². The summed E-state index contributed by atoms with van der Waals surface area (Å²) in [6, 6.07) is 4.61. The summed E-state index contributed by atoms with van der Waals surface area (Å²) in [5.74, 6) is 0.207. The lowest BCUT2D eigenvalue weighted by atomic mass is 10.1. The van der Waals surface area contributed by atoms with Crippen LogP contribution in [-0.2, 0) is 0 Å². The molecule has 0 aliphatic rings. The molecule has 0 amide bonds. The first-order valence-electron chi connectivity index (χ1n) is 4.94. The van der Waals surface area contributed by atoms with Crippen LogP contribution in [0.1, 0.15) is 0 Å². The van der Waals surface area contributed by atoms with Gasteiger partial charge in [0, 0.05) is 10.9 Å². The Hall–Kier alpha value is -1.89. The molecule has 7 heteroatoms. The van der Waals surface area contributed by atoms with Gasteiger partial charge in [-0.1, -0.05) is 0 Å². The molecule has 0 unspecified atom stereocenters. The SMILES string of the molecule is COc1cc(-c2csc(N)n2)ccc1OC(F)F. The van der Waals surface area contributed by atoms with Crippen molar-refractivity contribution in [3.8, 4) is 22.8 Å². The molecule has 18 heavy (non-hydrogen) atoms. The Kier molecular flexibility index (Phi) is 3.61. The minimum Gasteiger partial charge on any atom is -0.493 e. The highest BCUT2D eigenvalue weighted by atomic mass is 32.1. The maximum absolute atomic E-state index is 12.2. The fourth-order valence-corrected chi connectivity index (χ4v) is 2.01. The fourth-order valence-electron chi connectivity index (χ4n) is 1.44. The van der Waals surface area contributed by atoms with Crippen LogP contribution >= 0.6 is 11.3 Å². The summed E-state index contributed by atoms with van der Waals surface area (Å²) in [6.45, 7) is -2.89. The van der Waals surface area contributed by atoms with Gasteiger partial charge in [-0.15, -0.1) is 11.3 Å². The molecule has 1 aromatic carbocycles. The van der Waals surface area contributed by atoms with Gasteiger partial charge >= 0.3 is 6.61 Å². The van der Waals surface area contributed by atoms with Gasteiger partial charge in [0.2, 0.25) is 0 Å². The van der Waals surface area contributed by atoms with Crippen LogP contribution in [0, 0.1) is 0 Å². The summed E-state index contributed by atoms with van der Waals surface area (Å²) in [4.78, 5) is 4.10. The number of aromatic nitrogens is 1. The van der Waals surface area contributed by atoms with Crippen molar-refractivity contribution in [3.05, 3.63) is 23.6 Å². The average molecular weight is 272 g/mol. The molecule has 1 heterocycles. The summed E-state index contributed by atoms with van der Waals surface area (Å²) in [5.41, 5.74) is 6.92. The Morgan fingerprint density at radius 3 is 2.67 bits per heavy atom. The quantitative estimate of drug-likeness (QED) is 0.929. The van der Waals surface area contributed by atoms with Crippen molar-refractivity contribution in [2.75, 3.05) is 12.8 Å². The molecule has 0 saturated heterocycles. The largest absolute Gasteiger partial charge is 0.493 e. The number of nitrogens with two attached hydrogens (primary N) is 1. The van der Waals surface area contributed by atoms with Crippen molar-refractivity contribution < 1.29 is 18.3 Å². The lowest BCUT2D eigenvalue weighted by molar-refractivity contribution is -0.0512. The molecule has 1 aromatic heterocycles. The van der Waals surface area contributed by atoms with Crippen LogP contribution in [0.5, 0.6) is 11.5 Å². The fraction of sp³-hybridized carbons (Fsp3) is 0.182. The van der Waals surface area contributed by atoms with Gasteiger partial charge in [-0.3, -0.25) is 0 Å². The molecule has 0 bridgehead atoms. The molecule has 0 saturated carbocycles. The normalized spacial score (nSPS) is 10.7. The van der Waals surface area contributed by atoms with Crippen molar-refractivity contribution in [1.82, 2.24) is 4.98 Å². The number of alkyl halides is 2. The number of benzene rings is 1. The number of nitrogen functional groups attached to an aromatic ring is 1. The van der Waals surface area contributed by atoms with Gasteiger partial charge in [0.05, 0.1) is 12.8 Å². The van der Waals surface area contributed by atoms with E-state index in [1.165, 1.54) is 24.5 Å². The Morgan fingerprint density at radius 1 is 1.33 bits per heavy atom. The summed E-state index contributed by atoms with van der Waals surface area (Å²) in [7, 11) is 1.38. The van der Waals surface area contributed by atoms with E-state index in [1.54, 1.807) is 17.5 Å². The maximum atomic E-state index is 12.2. The topological polar surface area (TPSA) is 57.4 Å². The van der Waals surface area contributed by atoms with Crippen molar-refractivity contribution in [1.29, 1.82) is 0 Å². The standard InChI is InChI=1S/C11H10F2N2O2S/c1-16-9-4-6(7-5-18-11(14)15-7)2-3-8(9)17-10(12)13/h2-5,10H,1H3,(H2,14,15). The zero-order valence-electron chi connectivity index (χ0n) is 9.39. The van der Waals surface area contributed by atoms with Gasteiger partial charge in [0.1, 0.15) is 0 Å². The van der Waals surface area contributed by atoms with Crippen molar-refractivity contribution in [3.63, 3.8) is 0 Å². The molecule has 0 aliphatic heterocycles. The van der Waals surface area contributed by atoms with Crippen LogP contribution in [0.3, 0.4) is 0 Å². The number of ether oxygens (including phenoxy) is 2. The molecule has 2 N–H and O–H groups in total. The third-order valence-electron chi connectivity index (χ3n) is 2.20. The lowest BCUT2D eigenvalue weighted by Gasteiger charge is -2.10. The zero-order valence-corrected chi connectivity index (χ0v) is 10.2. The predicted molar refractivity (Wildman–Crippen MR) is 65.1 cm³/mol. The van der Waals surface area contributed by atoms with E-state index in [0.29, 0.717) is 10.8 Å². The minimum atomic E-state index is -2.89. The highest BCUT2D eigenvalue weighted by Crippen LogP contribution is 2.34. The van der Waals surface area contributed by atoms with Crippen molar-refractivity contribution >= 4 is 16.5 Å². The van der Waals surface area contributed by atoms with Gasteiger partial charge in [-0.05, 0) is 18.2 Å². The number of hydrogen-bond acceptors (Lipinski definition) is 5. The summed E-state index contributed by atoms with van der Waals surface area (Å²) in [6.07, 6.45) is 0. The Labute approximate surface area is 106 Å². The summed E-state index contributed by atoms with van der Waals surface area (Å²) in [5, 5.41) is 2.22. The summed E-state index contributed by atoms with van der Waals surface area (Å²) < 4.78 is 33.7. The summed E-state index contributed by atoms with van der Waals surface area (Å²) >= 11 is 1.30. The first-order valence-corrected chi connectivity index (χ1v) is 5.82. The third-order valence-corrected chi connectivity index (χ3v) is 2.87. The molecule has 4 nitrogen and oxygen atoms in total. The first-order chi connectivity index (χ1) is 8.60. The third kappa shape index (κ3) is 2.67. The molecule has 0 aliphatic carbocycles. The van der Waals surface area contributed by atoms with Crippen molar-refractivity contribution in [2.45, 2.75) is 6.61 Å². The Bertz CT molecular complexity index is 546. The smallest absolute Gasteiger partial charge is 0.387 e. The molecule has 0 fully saturated rings. The highest BCUT2D eigenvalue weighted by Gasteiger charge is 2.12. The zero-order chi connectivity index (χ0) is 13.1. The second kappa shape index (κ2) is 5.18.